The molecule has 0 saturated heterocycles. The minimum Gasteiger partial charge on any atom is -0.495 e. The van der Waals surface area contributed by atoms with Crippen LogP contribution in [0.3, 0.4) is 0 Å². The Kier molecular flexibility index (Phi) is 4.98. The van der Waals surface area contributed by atoms with Crippen LogP contribution in [0.1, 0.15) is 6.42 Å². The van der Waals surface area contributed by atoms with Gasteiger partial charge in [-0.05, 0) is 18.6 Å². The number of hydrogen-bond acceptors (Lipinski definition) is 4. The molecule has 2 N–H and O–H groups in total. The van der Waals surface area contributed by atoms with Crippen molar-refractivity contribution in [3.63, 3.8) is 0 Å². The number of hydrogen-bond donors (Lipinski definition) is 2. The van der Waals surface area contributed by atoms with E-state index in [0.717, 1.165) is 42.4 Å². The van der Waals surface area contributed by atoms with Crippen LogP contribution < -0.4 is 15.4 Å². The van der Waals surface area contributed by atoms with Crippen LogP contribution in [-0.4, -0.2) is 44.2 Å². The minimum atomic E-state index is -0.247. The quantitative estimate of drug-likeness (QED) is 0.512. The first-order valence-electron chi connectivity index (χ1n) is 9.16. The number of carbonyl (C=O) groups is 1. The third-order valence-corrected chi connectivity index (χ3v) is 4.78. The summed E-state index contributed by atoms with van der Waals surface area (Å²) in [5, 5.41) is 7.75. The van der Waals surface area contributed by atoms with Gasteiger partial charge in [-0.3, -0.25) is 4.90 Å². The number of rotatable bonds is 6. The number of ether oxygens (including phenoxy) is 1. The molecule has 2 aromatic carbocycles. The van der Waals surface area contributed by atoms with Gasteiger partial charge in [0.15, 0.2) is 0 Å². The van der Waals surface area contributed by atoms with E-state index in [-0.39, 0.29) is 6.03 Å². The minimum absolute atomic E-state index is 0.247. The number of carbonyl (C=O) groups excluding carboxylic acids is 1. The zero-order valence-electron chi connectivity index (χ0n) is 15.3. The highest BCUT2D eigenvalue weighted by molar-refractivity contribution is 6.07. The average molecular weight is 365 g/mol. The van der Waals surface area contributed by atoms with Crippen molar-refractivity contribution < 1.29 is 13.9 Å². The van der Waals surface area contributed by atoms with Crippen LogP contribution in [-0.2, 0) is 0 Å². The Bertz CT molecular complexity index is 985. The summed E-state index contributed by atoms with van der Waals surface area (Å²) in [6.45, 7) is 3.60. The largest absolute Gasteiger partial charge is 0.495 e. The molecular formula is C21H23N3O3. The Morgan fingerprint density at radius 2 is 1.96 bits per heavy atom. The maximum absolute atomic E-state index is 12.3. The zero-order valence-corrected chi connectivity index (χ0v) is 15.3. The van der Waals surface area contributed by atoms with Gasteiger partial charge in [0, 0.05) is 43.0 Å². The predicted octanol–water partition coefficient (Wildman–Crippen LogP) is 3.98. The molecule has 1 aliphatic heterocycles. The molecule has 6 heteroatoms. The number of methoxy groups -OCH3 is 1. The van der Waals surface area contributed by atoms with E-state index < -0.39 is 0 Å². The third kappa shape index (κ3) is 3.75. The smallest absolute Gasteiger partial charge is 0.319 e. The van der Waals surface area contributed by atoms with E-state index in [2.05, 4.69) is 27.7 Å². The van der Waals surface area contributed by atoms with E-state index in [9.17, 15) is 4.79 Å². The molecule has 6 nitrogen and oxygen atoms in total. The van der Waals surface area contributed by atoms with Crippen molar-refractivity contribution >= 4 is 33.7 Å². The number of benzene rings is 2. The van der Waals surface area contributed by atoms with Crippen molar-refractivity contribution in [2.24, 2.45) is 0 Å². The average Bonchev–Trinajstić information content (AvgIpc) is 3.31. The fourth-order valence-electron chi connectivity index (χ4n) is 3.39. The van der Waals surface area contributed by atoms with Crippen LogP contribution in [0.15, 0.2) is 53.0 Å². The first kappa shape index (κ1) is 17.4. The molecule has 0 spiro atoms. The molecule has 0 saturated carbocycles. The SMILES string of the molecule is COc1cc2c(cc1NC(=O)NCCCN1CC=CC1)oc1ccccc12. The van der Waals surface area contributed by atoms with Gasteiger partial charge in [0.25, 0.3) is 0 Å². The second-order valence-corrected chi connectivity index (χ2v) is 6.61. The van der Waals surface area contributed by atoms with E-state index >= 15 is 0 Å². The van der Waals surface area contributed by atoms with Crippen molar-refractivity contribution in [3.05, 3.63) is 48.6 Å². The molecule has 2 amide bonds. The Morgan fingerprint density at radius 3 is 2.78 bits per heavy atom. The van der Waals surface area contributed by atoms with E-state index in [1.165, 1.54) is 0 Å². The molecule has 1 aliphatic rings. The van der Waals surface area contributed by atoms with Gasteiger partial charge in [-0.2, -0.15) is 0 Å². The van der Waals surface area contributed by atoms with Crippen molar-refractivity contribution in [2.75, 3.05) is 38.6 Å². The standard InChI is InChI=1S/C21H23N3O3/c1-26-20-13-16-15-7-2-3-8-18(15)27-19(16)14-17(20)23-21(25)22-9-6-12-24-10-4-5-11-24/h2-5,7-8,13-14H,6,9-12H2,1H3,(H2,22,23,25). The van der Waals surface area contributed by atoms with Gasteiger partial charge in [-0.25, -0.2) is 4.79 Å². The lowest BCUT2D eigenvalue weighted by Crippen LogP contribution is -2.32. The number of nitrogens with zero attached hydrogens (tertiary/aromatic N) is 1. The second kappa shape index (κ2) is 7.72. The molecule has 0 unspecified atom stereocenters. The Morgan fingerprint density at radius 1 is 1.15 bits per heavy atom. The number of urea groups is 1. The fourth-order valence-corrected chi connectivity index (χ4v) is 3.39. The van der Waals surface area contributed by atoms with Crippen molar-refractivity contribution in [1.82, 2.24) is 10.2 Å². The Balaban J connectivity index is 1.42. The van der Waals surface area contributed by atoms with E-state index in [1.54, 1.807) is 7.11 Å². The van der Waals surface area contributed by atoms with E-state index in [0.29, 0.717) is 23.6 Å². The molecule has 4 rings (SSSR count). The molecule has 0 atom stereocenters. The van der Waals surface area contributed by atoms with E-state index in [4.69, 9.17) is 9.15 Å². The Labute approximate surface area is 157 Å². The molecule has 1 aromatic heterocycles. The normalized spacial score (nSPS) is 14.1. The van der Waals surface area contributed by atoms with Crippen LogP contribution in [0.5, 0.6) is 5.75 Å². The molecule has 0 fully saturated rings. The van der Waals surface area contributed by atoms with Crippen LogP contribution in [0.25, 0.3) is 21.9 Å². The van der Waals surface area contributed by atoms with Crippen molar-refractivity contribution in [2.45, 2.75) is 6.42 Å². The van der Waals surface area contributed by atoms with Crippen LogP contribution in [0.4, 0.5) is 10.5 Å². The first-order valence-corrected chi connectivity index (χ1v) is 9.16. The summed E-state index contributed by atoms with van der Waals surface area (Å²) in [5.74, 6) is 0.604. The highest BCUT2D eigenvalue weighted by atomic mass is 16.5. The predicted molar refractivity (Wildman–Crippen MR) is 107 cm³/mol. The summed E-state index contributed by atoms with van der Waals surface area (Å²) in [6.07, 6.45) is 5.25. The van der Waals surface area contributed by atoms with Crippen LogP contribution in [0, 0.1) is 0 Å². The first-order chi connectivity index (χ1) is 13.2. The van der Waals surface area contributed by atoms with Gasteiger partial charge >= 0.3 is 6.03 Å². The topological polar surface area (TPSA) is 66.7 Å². The van der Waals surface area contributed by atoms with Gasteiger partial charge in [0.1, 0.15) is 16.9 Å². The van der Waals surface area contributed by atoms with Gasteiger partial charge in [0.05, 0.1) is 12.8 Å². The molecule has 27 heavy (non-hydrogen) atoms. The summed E-state index contributed by atoms with van der Waals surface area (Å²) < 4.78 is 11.4. The highest BCUT2D eigenvalue weighted by Crippen LogP contribution is 2.36. The van der Waals surface area contributed by atoms with Crippen LogP contribution >= 0.6 is 0 Å². The molecule has 3 aromatic rings. The number of fused-ring (bicyclic) bond motifs is 3. The lowest BCUT2D eigenvalue weighted by molar-refractivity contribution is 0.251. The van der Waals surface area contributed by atoms with Gasteiger partial charge in [-0.15, -0.1) is 0 Å². The molecule has 2 heterocycles. The zero-order chi connectivity index (χ0) is 18.6. The Hall–Kier alpha value is -2.99. The number of nitrogens with one attached hydrogen (secondary N) is 2. The molecule has 0 aliphatic carbocycles. The summed E-state index contributed by atoms with van der Waals surface area (Å²) in [6, 6.07) is 11.3. The van der Waals surface area contributed by atoms with Gasteiger partial charge in [0.2, 0.25) is 0 Å². The van der Waals surface area contributed by atoms with E-state index in [1.807, 2.05) is 36.4 Å². The summed E-state index contributed by atoms with van der Waals surface area (Å²) in [4.78, 5) is 14.6. The summed E-state index contributed by atoms with van der Waals surface area (Å²) in [7, 11) is 1.59. The lowest BCUT2D eigenvalue weighted by atomic mass is 10.1. The third-order valence-electron chi connectivity index (χ3n) is 4.78. The van der Waals surface area contributed by atoms with Gasteiger partial charge in [-0.1, -0.05) is 30.4 Å². The number of anilines is 1. The maximum atomic E-state index is 12.3. The molecular weight excluding hydrogens is 342 g/mol. The number of furan rings is 1. The number of para-hydroxylation sites is 1. The molecule has 0 radical (unpaired) electrons. The molecule has 0 bridgehead atoms. The van der Waals surface area contributed by atoms with Crippen LogP contribution in [0.2, 0.25) is 0 Å². The monoisotopic (exact) mass is 365 g/mol. The lowest BCUT2D eigenvalue weighted by Gasteiger charge is -2.15. The second-order valence-electron chi connectivity index (χ2n) is 6.61. The molecule has 140 valence electrons. The highest BCUT2D eigenvalue weighted by Gasteiger charge is 2.14. The van der Waals surface area contributed by atoms with Crippen molar-refractivity contribution in [3.8, 4) is 5.75 Å². The van der Waals surface area contributed by atoms with Crippen molar-refractivity contribution in [1.29, 1.82) is 0 Å². The maximum Gasteiger partial charge on any atom is 0.319 e. The fraction of sp³-hybridized carbons (Fsp3) is 0.286. The van der Waals surface area contributed by atoms with Gasteiger partial charge < -0.3 is 19.8 Å². The number of amides is 2. The summed E-state index contributed by atoms with van der Waals surface area (Å²) >= 11 is 0. The summed E-state index contributed by atoms with van der Waals surface area (Å²) in [5.41, 5.74) is 2.12.